The van der Waals surface area contributed by atoms with Gasteiger partial charge in [-0.2, -0.15) is 0 Å². The van der Waals surface area contributed by atoms with Gasteiger partial charge in [-0.3, -0.25) is 4.90 Å². The molecule has 126 valence electrons. The molecule has 0 bridgehead atoms. The van der Waals surface area contributed by atoms with Crippen LogP contribution < -0.4 is 4.90 Å². The fraction of sp³-hybridized carbons (Fsp3) is 0.353. The highest BCUT2D eigenvalue weighted by molar-refractivity contribution is 5.66. The molecule has 2 unspecified atom stereocenters. The number of piperazine rings is 1. The molecule has 1 aromatic heterocycles. The molecule has 1 aliphatic heterocycles. The molecule has 3 rings (SSSR count). The van der Waals surface area contributed by atoms with Crippen LogP contribution in [0, 0.1) is 0 Å². The fourth-order valence-corrected chi connectivity index (χ4v) is 2.92. The van der Waals surface area contributed by atoms with E-state index in [1.54, 1.807) is 19.2 Å². The maximum Gasteiger partial charge on any atom is 0.407 e. The minimum atomic E-state index is -0.920. The van der Waals surface area contributed by atoms with Gasteiger partial charge in [0.05, 0.1) is 6.04 Å². The van der Waals surface area contributed by atoms with Gasteiger partial charge >= 0.3 is 6.09 Å². The van der Waals surface area contributed by atoms with Gasteiger partial charge in [0.15, 0.2) is 5.82 Å². The molecule has 2 aromatic rings. The van der Waals surface area contributed by atoms with E-state index in [-0.39, 0.29) is 6.04 Å². The molecule has 1 saturated heterocycles. The lowest BCUT2D eigenvalue weighted by molar-refractivity contribution is 0.118. The lowest BCUT2D eigenvalue weighted by Gasteiger charge is -2.40. The number of anilines is 1. The van der Waals surface area contributed by atoms with Crippen LogP contribution >= 0.6 is 0 Å². The Labute approximate surface area is 140 Å². The van der Waals surface area contributed by atoms with Gasteiger partial charge in [0.2, 0.25) is 0 Å². The Balaban J connectivity index is 1.88. The summed E-state index contributed by atoms with van der Waals surface area (Å²) in [6.07, 6.45) is -0.0445. The summed E-state index contributed by atoms with van der Waals surface area (Å²) >= 11 is 0. The molecule has 1 aromatic carbocycles. The topological polar surface area (TPSA) is 89.8 Å². The van der Waals surface area contributed by atoms with Gasteiger partial charge in [-0.25, -0.2) is 14.8 Å². The maximum absolute atomic E-state index is 11.6. The Bertz CT molecular complexity index is 708. The first kappa shape index (κ1) is 16.2. The van der Waals surface area contributed by atoms with Crippen molar-refractivity contribution in [1.29, 1.82) is 0 Å². The van der Waals surface area contributed by atoms with Crippen molar-refractivity contribution in [2.45, 2.75) is 19.1 Å². The van der Waals surface area contributed by atoms with Gasteiger partial charge in [0.25, 0.3) is 0 Å². The highest BCUT2D eigenvalue weighted by Crippen LogP contribution is 2.28. The molecule has 0 saturated carbocycles. The molecule has 1 amide bonds. The van der Waals surface area contributed by atoms with Crippen LogP contribution in [0.3, 0.4) is 0 Å². The summed E-state index contributed by atoms with van der Waals surface area (Å²) in [5.41, 5.74) is 0.953. The quantitative estimate of drug-likeness (QED) is 0.896. The lowest BCUT2D eigenvalue weighted by atomic mass is 10.0. The Morgan fingerprint density at radius 2 is 2.00 bits per heavy atom. The first-order valence-corrected chi connectivity index (χ1v) is 7.86. The lowest BCUT2D eigenvalue weighted by Crippen LogP contribution is -2.50. The summed E-state index contributed by atoms with van der Waals surface area (Å²) in [6.45, 7) is 3.07. The predicted octanol–water partition coefficient (Wildman–Crippen LogP) is 2.07. The zero-order chi connectivity index (χ0) is 17.1. The standard InChI is InChI=1S/C17H20N4O3/c1-12(22)16-18-8-7-15(19-16)20-9-10-21(17(23)24)14(11-20)13-5-3-2-4-6-13/h2-8,12,14,22H,9-11H2,1H3,(H,23,24). The first-order chi connectivity index (χ1) is 11.6. The molecular formula is C17H20N4O3. The number of carboxylic acid groups (broad SMARTS) is 1. The second-order valence-electron chi connectivity index (χ2n) is 5.80. The van der Waals surface area contributed by atoms with Crippen LogP contribution in [0.25, 0.3) is 0 Å². The third-order valence-corrected chi connectivity index (χ3v) is 4.17. The molecule has 2 heterocycles. The summed E-state index contributed by atoms with van der Waals surface area (Å²) in [5.74, 6) is 1.07. The zero-order valence-electron chi connectivity index (χ0n) is 13.4. The van der Waals surface area contributed by atoms with Crippen LogP contribution in [0.4, 0.5) is 10.6 Å². The number of aromatic nitrogens is 2. The molecule has 7 nitrogen and oxygen atoms in total. The van der Waals surface area contributed by atoms with Crippen molar-refractivity contribution in [1.82, 2.24) is 14.9 Å². The number of carbonyl (C=O) groups is 1. The van der Waals surface area contributed by atoms with Gasteiger partial charge in [-0.05, 0) is 18.6 Å². The average Bonchev–Trinajstić information content (AvgIpc) is 2.62. The minimum absolute atomic E-state index is 0.262. The van der Waals surface area contributed by atoms with Gasteiger partial charge in [0.1, 0.15) is 11.9 Å². The highest BCUT2D eigenvalue weighted by Gasteiger charge is 2.32. The number of rotatable bonds is 3. The molecule has 24 heavy (non-hydrogen) atoms. The van der Waals surface area contributed by atoms with E-state index in [2.05, 4.69) is 9.97 Å². The van der Waals surface area contributed by atoms with Crippen LogP contribution in [-0.2, 0) is 0 Å². The summed E-state index contributed by atoms with van der Waals surface area (Å²) in [5, 5.41) is 19.2. The number of hydrogen-bond acceptors (Lipinski definition) is 5. The summed E-state index contributed by atoms with van der Waals surface area (Å²) < 4.78 is 0. The SMILES string of the molecule is CC(O)c1nccc(N2CCN(C(=O)O)C(c3ccccc3)C2)n1. The van der Waals surface area contributed by atoms with E-state index in [1.807, 2.05) is 35.2 Å². The van der Waals surface area contributed by atoms with E-state index in [0.717, 1.165) is 5.56 Å². The molecule has 7 heteroatoms. The van der Waals surface area contributed by atoms with Crippen molar-refractivity contribution in [3.8, 4) is 0 Å². The zero-order valence-corrected chi connectivity index (χ0v) is 13.4. The van der Waals surface area contributed by atoms with Crippen molar-refractivity contribution in [2.24, 2.45) is 0 Å². The van der Waals surface area contributed by atoms with Crippen molar-refractivity contribution in [3.63, 3.8) is 0 Å². The predicted molar refractivity (Wildman–Crippen MR) is 88.8 cm³/mol. The van der Waals surface area contributed by atoms with Gasteiger partial charge < -0.3 is 15.1 Å². The number of aliphatic hydroxyl groups is 1. The summed E-state index contributed by atoms with van der Waals surface area (Å²) in [4.78, 5) is 23.5. The molecule has 1 aliphatic rings. The largest absolute Gasteiger partial charge is 0.465 e. The Morgan fingerprint density at radius 3 is 2.67 bits per heavy atom. The number of benzene rings is 1. The second-order valence-corrected chi connectivity index (χ2v) is 5.80. The van der Waals surface area contributed by atoms with Crippen molar-refractivity contribution in [3.05, 3.63) is 54.0 Å². The normalized spacial score (nSPS) is 19.2. The third-order valence-electron chi connectivity index (χ3n) is 4.17. The van der Waals surface area contributed by atoms with Crippen molar-refractivity contribution in [2.75, 3.05) is 24.5 Å². The van der Waals surface area contributed by atoms with Crippen LogP contribution in [-0.4, -0.2) is 50.8 Å². The summed E-state index contributed by atoms with van der Waals surface area (Å²) in [6, 6.07) is 11.1. The number of amides is 1. The first-order valence-electron chi connectivity index (χ1n) is 7.86. The van der Waals surface area contributed by atoms with E-state index >= 15 is 0 Å². The fourth-order valence-electron chi connectivity index (χ4n) is 2.92. The highest BCUT2D eigenvalue weighted by atomic mass is 16.4. The van der Waals surface area contributed by atoms with Crippen molar-refractivity contribution < 1.29 is 15.0 Å². The maximum atomic E-state index is 11.6. The Kier molecular flexibility index (Phi) is 4.61. The van der Waals surface area contributed by atoms with E-state index in [1.165, 1.54) is 4.90 Å². The Hall–Kier alpha value is -2.67. The molecule has 2 atom stereocenters. The Morgan fingerprint density at radius 1 is 1.25 bits per heavy atom. The van der Waals surface area contributed by atoms with E-state index in [0.29, 0.717) is 31.3 Å². The monoisotopic (exact) mass is 328 g/mol. The van der Waals surface area contributed by atoms with Gasteiger partial charge in [-0.15, -0.1) is 0 Å². The molecule has 0 spiro atoms. The average molecular weight is 328 g/mol. The molecule has 2 N–H and O–H groups in total. The van der Waals surface area contributed by atoms with E-state index in [4.69, 9.17) is 0 Å². The molecular weight excluding hydrogens is 308 g/mol. The minimum Gasteiger partial charge on any atom is -0.465 e. The number of hydrogen-bond donors (Lipinski definition) is 2. The third kappa shape index (κ3) is 3.30. The second kappa shape index (κ2) is 6.84. The van der Waals surface area contributed by atoms with Crippen molar-refractivity contribution >= 4 is 11.9 Å². The van der Waals surface area contributed by atoms with Gasteiger partial charge in [-0.1, -0.05) is 30.3 Å². The van der Waals surface area contributed by atoms with Crippen LogP contribution in [0.1, 0.15) is 30.5 Å². The smallest absolute Gasteiger partial charge is 0.407 e. The van der Waals surface area contributed by atoms with Crippen LogP contribution in [0.5, 0.6) is 0 Å². The van der Waals surface area contributed by atoms with Crippen LogP contribution in [0.15, 0.2) is 42.6 Å². The number of nitrogens with zero attached hydrogens (tertiary/aromatic N) is 4. The number of aliphatic hydroxyl groups excluding tert-OH is 1. The summed E-state index contributed by atoms with van der Waals surface area (Å²) in [7, 11) is 0. The van der Waals surface area contributed by atoms with E-state index in [9.17, 15) is 15.0 Å². The van der Waals surface area contributed by atoms with Gasteiger partial charge in [0, 0.05) is 25.8 Å². The molecule has 0 aliphatic carbocycles. The molecule has 1 fully saturated rings. The van der Waals surface area contributed by atoms with Crippen LogP contribution in [0.2, 0.25) is 0 Å². The van der Waals surface area contributed by atoms with E-state index < -0.39 is 12.2 Å². The molecule has 0 radical (unpaired) electrons.